The Kier molecular flexibility index (Phi) is 7.17. The second-order valence-corrected chi connectivity index (χ2v) is 10.6. The van der Waals surface area contributed by atoms with Gasteiger partial charge in [0.1, 0.15) is 5.58 Å². The first-order chi connectivity index (χ1) is 25.8. The average Bonchev–Trinajstić information content (AvgIpc) is 3.56. The van der Waals surface area contributed by atoms with Crippen LogP contribution in [0.3, 0.4) is 0 Å². The maximum Gasteiger partial charge on any atom is 0.120 e. The number of hydrogen-bond donors (Lipinski definition) is 0. The third-order valence-electron chi connectivity index (χ3n) is 7.52. The van der Waals surface area contributed by atoms with E-state index in [2.05, 4.69) is 22.1 Å². The molecule has 0 spiro atoms. The fourth-order valence-corrected chi connectivity index (χ4v) is 5.21. The molecule has 0 amide bonds. The summed E-state index contributed by atoms with van der Waals surface area (Å²) in [4.78, 5) is 8.68. The standard InChI is InChI=1S/C25H18NO.C18H14N.Ir/c1-17-16-26-23(15-20(17)13-18-7-3-2-4-8-18)19-11-12-25-22(14-19)21-9-5-6-10-24(21)27-25;1-14-13-19-18(16-10-6-3-7-11-16)12-17(14)15-8-4-2-5-9-15;/h2-10,12,14-16H,13H2,1H3;2-10,12-13H,1H3;/q2*-1;/i1D3,13D2;1D3;. The molecule has 0 saturated carbocycles. The van der Waals surface area contributed by atoms with Gasteiger partial charge in [0.25, 0.3) is 0 Å². The van der Waals surface area contributed by atoms with Gasteiger partial charge in [-0.15, -0.1) is 59.7 Å². The molecule has 3 nitrogen and oxygen atoms in total. The third-order valence-corrected chi connectivity index (χ3v) is 7.52. The maximum atomic E-state index is 8.77. The Labute approximate surface area is 300 Å². The van der Waals surface area contributed by atoms with Crippen molar-refractivity contribution < 1.29 is 35.5 Å². The largest absolute Gasteiger partial charge is 0.500 e. The number of hydrogen-bond acceptors (Lipinski definition) is 3. The summed E-state index contributed by atoms with van der Waals surface area (Å²) in [5.41, 5.74) is 6.24. The molecule has 231 valence electrons. The van der Waals surface area contributed by atoms with Gasteiger partial charge in [-0.1, -0.05) is 96.4 Å². The van der Waals surface area contributed by atoms with E-state index in [1.54, 1.807) is 36.4 Å². The Morgan fingerprint density at radius 3 is 2.13 bits per heavy atom. The first-order valence-electron chi connectivity index (χ1n) is 18.7. The van der Waals surface area contributed by atoms with E-state index in [1.807, 2.05) is 91.0 Å². The summed E-state index contributed by atoms with van der Waals surface area (Å²) in [6.07, 6.45) is 0.685. The van der Waals surface area contributed by atoms with Gasteiger partial charge in [-0.05, 0) is 70.9 Å². The van der Waals surface area contributed by atoms with Crippen molar-refractivity contribution >= 4 is 21.9 Å². The van der Waals surface area contributed by atoms with Crippen LogP contribution in [-0.4, -0.2) is 9.97 Å². The van der Waals surface area contributed by atoms with Crippen molar-refractivity contribution in [3.8, 4) is 33.6 Å². The average molecular weight is 793 g/mol. The zero-order chi connectivity index (χ0) is 38.1. The normalized spacial score (nSPS) is 14.0. The molecule has 5 aromatic carbocycles. The number of nitrogens with zero attached hydrogens (tertiary/aromatic N) is 2. The predicted octanol–water partition coefficient (Wildman–Crippen LogP) is 10.9. The molecule has 0 N–H and O–H groups in total. The van der Waals surface area contributed by atoms with Crippen molar-refractivity contribution in [1.82, 2.24) is 9.97 Å². The van der Waals surface area contributed by atoms with Crippen LogP contribution in [0.25, 0.3) is 55.6 Å². The van der Waals surface area contributed by atoms with Gasteiger partial charge in [0, 0.05) is 48.9 Å². The maximum absolute atomic E-state index is 8.77. The second kappa shape index (κ2) is 14.5. The number of pyridine rings is 2. The van der Waals surface area contributed by atoms with E-state index in [9.17, 15) is 0 Å². The molecule has 1 radical (unpaired) electrons. The van der Waals surface area contributed by atoms with Crippen LogP contribution in [0.1, 0.15) is 33.2 Å². The van der Waals surface area contributed by atoms with Gasteiger partial charge in [0.15, 0.2) is 0 Å². The molecule has 0 saturated heterocycles. The summed E-state index contributed by atoms with van der Waals surface area (Å²) < 4.78 is 70.3. The number of para-hydroxylation sites is 1. The summed E-state index contributed by atoms with van der Waals surface area (Å²) in [5.74, 6) is 0. The van der Waals surface area contributed by atoms with Gasteiger partial charge in [0.05, 0.1) is 5.58 Å². The fraction of sp³-hybridized carbons (Fsp3) is 0.0698. The van der Waals surface area contributed by atoms with E-state index in [0.29, 0.717) is 33.7 Å². The zero-order valence-electron chi connectivity index (χ0n) is 33.0. The van der Waals surface area contributed by atoms with Gasteiger partial charge < -0.3 is 14.4 Å². The number of fused-ring (bicyclic) bond motifs is 3. The minimum atomic E-state index is -2.50. The first-order valence-corrected chi connectivity index (χ1v) is 14.7. The number of furan rings is 1. The molecular formula is C43H32IrN2O-2. The van der Waals surface area contributed by atoms with Gasteiger partial charge in [-0.3, -0.25) is 0 Å². The van der Waals surface area contributed by atoms with Crippen LogP contribution in [0.15, 0.2) is 150 Å². The van der Waals surface area contributed by atoms with Crippen molar-refractivity contribution in [2.24, 2.45) is 0 Å². The summed E-state index contributed by atoms with van der Waals surface area (Å²) >= 11 is 0. The molecule has 0 aliphatic carbocycles. The summed E-state index contributed by atoms with van der Waals surface area (Å²) in [7, 11) is 0. The molecule has 0 bridgehead atoms. The number of aromatic nitrogens is 2. The van der Waals surface area contributed by atoms with Crippen LogP contribution in [0.4, 0.5) is 0 Å². The molecule has 47 heavy (non-hydrogen) atoms. The Morgan fingerprint density at radius 2 is 1.36 bits per heavy atom. The van der Waals surface area contributed by atoms with Gasteiger partial charge in [0.2, 0.25) is 0 Å². The molecule has 0 aliphatic rings. The Morgan fingerprint density at radius 1 is 0.660 bits per heavy atom. The molecular weight excluding hydrogens is 753 g/mol. The van der Waals surface area contributed by atoms with Crippen LogP contribution in [-0.2, 0) is 26.5 Å². The van der Waals surface area contributed by atoms with E-state index in [-0.39, 0.29) is 36.8 Å². The predicted molar refractivity (Wildman–Crippen MR) is 188 cm³/mol. The van der Waals surface area contributed by atoms with Crippen molar-refractivity contribution in [3.63, 3.8) is 0 Å². The zero-order valence-corrected chi connectivity index (χ0v) is 27.4. The molecule has 4 heteroatoms. The molecule has 0 aliphatic heterocycles. The van der Waals surface area contributed by atoms with Crippen molar-refractivity contribution in [1.29, 1.82) is 0 Å². The Hall–Kier alpha value is -5.15. The first kappa shape index (κ1) is 23.2. The quantitative estimate of drug-likeness (QED) is 0.163. The van der Waals surface area contributed by atoms with Gasteiger partial charge in [-0.25, -0.2) is 0 Å². The van der Waals surface area contributed by atoms with Crippen molar-refractivity contribution in [3.05, 3.63) is 180 Å². The molecule has 3 aromatic heterocycles. The van der Waals surface area contributed by atoms with Crippen molar-refractivity contribution in [2.45, 2.75) is 20.1 Å². The third kappa shape index (κ3) is 7.15. The van der Waals surface area contributed by atoms with E-state index in [0.717, 1.165) is 27.5 Å². The van der Waals surface area contributed by atoms with Crippen molar-refractivity contribution in [2.75, 3.05) is 0 Å². The summed E-state index contributed by atoms with van der Waals surface area (Å²) in [5, 5.41) is 1.85. The number of aryl methyl sites for hydroxylation is 2. The van der Waals surface area contributed by atoms with Gasteiger partial charge in [-0.2, -0.15) is 0 Å². The molecule has 8 rings (SSSR count). The SMILES string of the molecule is [2H]C([2H])([2H])c1cnc(-c2[c-]cc3oc4ccccc4c3c2)cc1C([2H])([2H])c1ccccc1.[2H]C([2H])([2H])c1cnc(-c2[c-]cccc2)cc1-c1ccccc1.[Ir]. The number of benzene rings is 5. The minimum absolute atomic E-state index is 0. The monoisotopic (exact) mass is 793 g/mol. The topological polar surface area (TPSA) is 38.9 Å². The molecule has 0 fully saturated rings. The smallest absolute Gasteiger partial charge is 0.120 e. The van der Waals surface area contributed by atoms with E-state index in [1.165, 1.54) is 18.5 Å². The van der Waals surface area contributed by atoms with Crippen LogP contribution in [0, 0.1) is 25.8 Å². The molecule has 3 heterocycles. The second-order valence-electron chi connectivity index (χ2n) is 10.6. The van der Waals surface area contributed by atoms with Crippen LogP contribution in [0.2, 0.25) is 0 Å². The Bertz CT molecular complexity index is 2560. The Balaban J connectivity index is 0.000000196. The summed E-state index contributed by atoms with van der Waals surface area (Å²) in [6.45, 7) is -4.70. The molecule has 0 atom stereocenters. The molecule has 0 unspecified atom stereocenters. The van der Waals surface area contributed by atoms with Gasteiger partial charge >= 0.3 is 0 Å². The van der Waals surface area contributed by atoms with E-state index >= 15 is 0 Å². The summed E-state index contributed by atoms with van der Waals surface area (Å²) in [6, 6.07) is 46.5. The van der Waals surface area contributed by atoms with Crippen LogP contribution >= 0.6 is 0 Å². The minimum Gasteiger partial charge on any atom is -0.500 e. The van der Waals surface area contributed by atoms with Crippen LogP contribution < -0.4 is 0 Å². The van der Waals surface area contributed by atoms with E-state index in [4.69, 9.17) is 15.4 Å². The number of rotatable bonds is 5. The van der Waals surface area contributed by atoms with Crippen LogP contribution in [0.5, 0.6) is 0 Å². The molecule has 8 aromatic rings. The van der Waals surface area contributed by atoms with E-state index < -0.39 is 20.1 Å². The fourth-order valence-electron chi connectivity index (χ4n) is 5.21.